The summed E-state index contributed by atoms with van der Waals surface area (Å²) in [5.41, 5.74) is 0.575. The van der Waals surface area contributed by atoms with E-state index in [0.29, 0.717) is 5.41 Å². The van der Waals surface area contributed by atoms with Crippen LogP contribution in [0.2, 0.25) is 0 Å². The highest BCUT2D eigenvalue weighted by molar-refractivity contribution is 4.85. The Kier molecular flexibility index (Phi) is 6.14. The van der Waals surface area contributed by atoms with E-state index in [-0.39, 0.29) is 0 Å². The summed E-state index contributed by atoms with van der Waals surface area (Å²) in [6.45, 7) is 10.7. The van der Waals surface area contributed by atoms with Gasteiger partial charge in [-0.25, -0.2) is 0 Å². The summed E-state index contributed by atoms with van der Waals surface area (Å²) in [6, 6.07) is 0. The topological polar surface area (TPSA) is 0 Å². The molecular formula is C12H24. The van der Waals surface area contributed by atoms with Gasteiger partial charge >= 0.3 is 0 Å². The molecule has 0 saturated carbocycles. The Hall–Kier alpha value is -0.260. The molecule has 72 valence electrons. The van der Waals surface area contributed by atoms with Crippen molar-refractivity contribution in [2.45, 2.75) is 59.3 Å². The van der Waals surface area contributed by atoms with Crippen molar-refractivity contribution < 1.29 is 0 Å². The van der Waals surface area contributed by atoms with E-state index in [0.717, 1.165) is 0 Å². The average molecular weight is 168 g/mol. The van der Waals surface area contributed by atoms with Crippen molar-refractivity contribution >= 4 is 0 Å². The summed E-state index contributed by atoms with van der Waals surface area (Å²) >= 11 is 0. The Labute approximate surface area is 78.1 Å². The van der Waals surface area contributed by atoms with Crippen molar-refractivity contribution in [1.29, 1.82) is 0 Å². The maximum Gasteiger partial charge on any atom is -0.0266 e. The highest BCUT2D eigenvalue weighted by Crippen LogP contribution is 2.37. The van der Waals surface area contributed by atoms with Gasteiger partial charge in [-0.3, -0.25) is 0 Å². The third kappa shape index (κ3) is 3.42. The fraction of sp³-hybridized carbons (Fsp3) is 0.833. The van der Waals surface area contributed by atoms with Crippen LogP contribution in [0, 0.1) is 5.41 Å². The number of hydrogen-bond acceptors (Lipinski definition) is 0. The third-order valence-corrected chi connectivity index (χ3v) is 2.89. The maximum absolute atomic E-state index is 3.86. The molecule has 0 aromatic heterocycles. The quantitative estimate of drug-likeness (QED) is 0.489. The minimum Gasteiger partial charge on any atom is -0.103 e. The van der Waals surface area contributed by atoms with E-state index in [1.165, 1.54) is 38.5 Å². The lowest BCUT2D eigenvalue weighted by Gasteiger charge is -2.31. The van der Waals surface area contributed by atoms with E-state index in [9.17, 15) is 0 Å². The fourth-order valence-corrected chi connectivity index (χ4v) is 2.19. The molecule has 0 heteroatoms. The largest absolute Gasteiger partial charge is 0.103 e. The van der Waals surface area contributed by atoms with Gasteiger partial charge in [-0.1, -0.05) is 46.1 Å². The Morgan fingerprint density at radius 2 is 1.58 bits per heavy atom. The highest BCUT2D eigenvalue weighted by Gasteiger charge is 2.23. The van der Waals surface area contributed by atoms with Crippen LogP contribution in [0.5, 0.6) is 0 Å². The zero-order valence-electron chi connectivity index (χ0n) is 9.03. The summed E-state index contributed by atoms with van der Waals surface area (Å²) in [7, 11) is 0. The van der Waals surface area contributed by atoms with E-state index in [4.69, 9.17) is 0 Å². The zero-order valence-corrected chi connectivity index (χ0v) is 9.03. The molecule has 0 amide bonds. The van der Waals surface area contributed by atoms with E-state index < -0.39 is 0 Å². The Bertz CT molecular complexity index is 107. The highest BCUT2D eigenvalue weighted by atomic mass is 14.3. The summed E-state index contributed by atoms with van der Waals surface area (Å²) in [6.07, 6.45) is 9.94. The predicted molar refractivity (Wildman–Crippen MR) is 57.4 cm³/mol. The van der Waals surface area contributed by atoms with Gasteiger partial charge in [-0.05, 0) is 24.7 Å². The van der Waals surface area contributed by atoms with Gasteiger partial charge in [0.1, 0.15) is 0 Å². The van der Waals surface area contributed by atoms with Gasteiger partial charge in [0.25, 0.3) is 0 Å². The summed E-state index contributed by atoms with van der Waals surface area (Å²) in [4.78, 5) is 0. The molecule has 12 heavy (non-hydrogen) atoms. The maximum atomic E-state index is 3.86. The van der Waals surface area contributed by atoms with Gasteiger partial charge in [0, 0.05) is 0 Å². The Balaban J connectivity index is 4.15. The lowest BCUT2D eigenvalue weighted by Crippen LogP contribution is -2.18. The van der Waals surface area contributed by atoms with Crippen LogP contribution in [-0.4, -0.2) is 0 Å². The molecule has 0 unspecified atom stereocenters. The Morgan fingerprint density at radius 1 is 1.08 bits per heavy atom. The molecule has 0 aliphatic rings. The average Bonchev–Trinajstić information content (AvgIpc) is 2.06. The van der Waals surface area contributed by atoms with Gasteiger partial charge in [-0.2, -0.15) is 0 Å². The lowest BCUT2D eigenvalue weighted by atomic mass is 9.74. The summed E-state index contributed by atoms with van der Waals surface area (Å²) in [5.74, 6) is 0. The second kappa shape index (κ2) is 6.28. The minimum atomic E-state index is 0.575. The first-order valence-electron chi connectivity index (χ1n) is 5.35. The van der Waals surface area contributed by atoms with E-state index in [1.54, 1.807) is 0 Å². The molecule has 0 nitrogen and oxygen atoms in total. The molecular weight excluding hydrogens is 144 g/mol. The van der Waals surface area contributed by atoms with Crippen molar-refractivity contribution in [3.05, 3.63) is 12.7 Å². The molecule has 0 heterocycles. The third-order valence-electron chi connectivity index (χ3n) is 2.89. The second-order valence-corrected chi connectivity index (χ2v) is 3.85. The van der Waals surface area contributed by atoms with Gasteiger partial charge in [0.2, 0.25) is 0 Å². The normalized spacial score (nSPS) is 11.6. The van der Waals surface area contributed by atoms with Gasteiger partial charge < -0.3 is 0 Å². The summed E-state index contributed by atoms with van der Waals surface area (Å²) < 4.78 is 0. The number of rotatable bonds is 7. The standard InChI is InChI=1S/C12H24/c1-5-9-12(8-4,10-6-2)11-7-3/h5H,1,6-11H2,2-4H3. The SMILES string of the molecule is C=CCC(CC)(CCC)CCC. The van der Waals surface area contributed by atoms with Crippen LogP contribution in [0.1, 0.15) is 59.3 Å². The smallest absolute Gasteiger partial charge is 0.0266 e. The molecule has 0 radical (unpaired) electrons. The van der Waals surface area contributed by atoms with Gasteiger partial charge in [0.15, 0.2) is 0 Å². The zero-order chi connectivity index (χ0) is 9.45. The number of allylic oxidation sites excluding steroid dienone is 1. The fourth-order valence-electron chi connectivity index (χ4n) is 2.19. The molecule has 0 aromatic rings. The monoisotopic (exact) mass is 168 g/mol. The molecule has 0 aliphatic carbocycles. The lowest BCUT2D eigenvalue weighted by molar-refractivity contribution is 0.227. The van der Waals surface area contributed by atoms with E-state index in [1.807, 2.05) is 0 Å². The number of hydrogen-bond donors (Lipinski definition) is 0. The first-order chi connectivity index (χ1) is 5.74. The minimum absolute atomic E-state index is 0.575. The van der Waals surface area contributed by atoms with Crippen LogP contribution in [0.3, 0.4) is 0 Å². The van der Waals surface area contributed by atoms with Crippen molar-refractivity contribution in [3.63, 3.8) is 0 Å². The molecule has 0 aliphatic heterocycles. The van der Waals surface area contributed by atoms with Crippen molar-refractivity contribution in [1.82, 2.24) is 0 Å². The molecule has 0 N–H and O–H groups in total. The molecule has 0 saturated heterocycles. The van der Waals surface area contributed by atoms with Crippen LogP contribution in [0.15, 0.2) is 12.7 Å². The molecule has 0 bridgehead atoms. The van der Waals surface area contributed by atoms with E-state index in [2.05, 4.69) is 33.4 Å². The van der Waals surface area contributed by atoms with Crippen molar-refractivity contribution in [3.8, 4) is 0 Å². The molecule has 0 aromatic carbocycles. The van der Waals surface area contributed by atoms with Gasteiger partial charge in [0.05, 0.1) is 0 Å². The van der Waals surface area contributed by atoms with Crippen LogP contribution in [0.25, 0.3) is 0 Å². The molecule has 0 spiro atoms. The second-order valence-electron chi connectivity index (χ2n) is 3.85. The van der Waals surface area contributed by atoms with Crippen LogP contribution >= 0.6 is 0 Å². The molecule has 0 rings (SSSR count). The van der Waals surface area contributed by atoms with Crippen LogP contribution < -0.4 is 0 Å². The van der Waals surface area contributed by atoms with Crippen molar-refractivity contribution in [2.24, 2.45) is 5.41 Å². The van der Waals surface area contributed by atoms with Crippen LogP contribution in [0.4, 0.5) is 0 Å². The first kappa shape index (κ1) is 11.7. The Morgan fingerprint density at radius 3 is 1.83 bits per heavy atom. The predicted octanol–water partition coefficient (Wildman–Crippen LogP) is 4.56. The van der Waals surface area contributed by atoms with Crippen LogP contribution in [-0.2, 0) is 0 Å². The summed E-state index contributed by atoms with van der Waals surface area (Å²) in [5, 5.41) is 0. The van der Waals surface area contributed by atoms with Gasteiger partial charge in [-0.15, -0.1) is 6.58 Å². The molecule has 0 atom stereocenters. The molecule has 0 fully saturated rings. The van der Waals surface area contributed by atoms with E-state index >= 15 is 0 Å². The van der Waals surface area contributed by atoms with Crippen molar-refractivity contribution in [2.75, 3.05) is 0 Å². The first-order valence-corrected chi connectivity index (χ1v) is 5.35.